The highest BCUT2D eigenvalue weighted by Gasteiger charge is 2.75. The molecule has 248 valence electrons. The standard InChI is InChI=1S/C35H38BrN3O8/c1-3-22(20-40)39-31-33(43)38(23-13-15-24(45-2)16-14-23)17-9-5-8-12-27(41)37-19-26(21-10-6-4-7-11-21)46-34(44)28-29(32(39)42)35(31)18-25(36)30(28)47-35/h4-7,9-11,13-16,18,22,26,28-31,40H,3,8,12,17,19-20H2,1-2H3,(H,37,41)/b9-5-/t22-,26-,28-,29+,30-,31-,35+/m0/s1. The molecule has 0 saturated carbocycles. The molecule has 2 N–H and O–H groups in total. The maximum atomic E-state index is 14.9. The van der Waals surface area contributed by atoms with Gasteiger partial charge in [0.15, 0.2) is 0 Å². The summed E-state index contributed by atoms with van der Waals surface area (Å²) in [5.74, 6) is -3.33. The number of carbonyl (C=O) groups is 4. The van der Waals surface area contributed by atoms with Crippen molar-refractivity contribution in [2.24, 2.45) is 11.8 Å². The molecule has 47 heavy (non-hydrogen) atoms. The second-order valence-electron chi connectivity index (χ2n) is 12.1. The SMILES string of the molecule is CC[C@@H](CO)N1C(=O)[C@H]2[C@@H]3C(=O)O[C@H](c4ccccc4)CNC(=O)CC/C=C\CN(c4ccc(OC)cc4)C(=O)[C@H]1[C@@]21C=C(Br)[C@@H]3O1. The number of likely N-dealkylation sites (tertiary alicyclic amines) is 1. The topological polar surface area (TPSA) is 135 Å². The van der Waals surface area contributed by atoms with Crippen molar-refractivity contribution < 1.29 is 38.5 Å². The van der Waals surface area contributed by atoms with Crippen molar-refractivity contribution in [3.05, 3.63) is 82.9 Å². The Balaban J connectivity index is 1.47. The van der Waals surface area contributed by atoms with Crippen molar-refractivity contribution in [2.45, 2.75) is 56.1 Å². The van der Waals surface area contributed by atoms with E-state index in [1.165, 1.54) is 4.90 Å². The van der Waals surface area contributed by atoms with Crippen LogP contribution in [0.1, 0.15) is 37.9 Å². The minimum atomic E-state index is -1.50. The highest BCUT2D eigenvalue weighted by molar-refractivity contribution is 9.11. The summed E-state index contributed by atoms with van der Waals surface area (Å²) in [5.41, 5.74) is -0.262. The Bertz CT molecular complexity index is 1580. The number of aliphatic hydroxyl groups is 1. The van der Waals surface area contributed by atoms with Gasteiger partial charge in [0.25, 0.3) is 5.91 Å². The number of hydrogen-bond donors (Lipinski definition) is 2. The number of ether oxygens (including phenoxy) is 3. The number of halogens is 1. The number of aliphatic hydroxyl groups excluding tert-OH is 1. The lowest BCUT2D eigenvalue weighted by molar-refractivity contribution is -0.160. The number of nitrogens with zero attached hydrogens (tertiary/aromatic N) is 2. The Morgan fingerprint density at radius 1 is 1.06 bits per heavy atom. The summed E-state index contributed by atoms with van der Waals surface area (Å²) < 4.78 is 18.6. The quantitative estimate of drug-likeness (QED) is 0.345. The van der Waals surface area contributed by atoms with E-state index >= 15 is 0 Å². The van der Waals surface area contributed by atoms with Crippen molar-refractivity contribution in [1.29, 1.82) is 0 Å². The van der Waals surface area contributed by atoms with Crippen LogP contribution in [0.4, 0.5) is 5.69 Å². The third-order valence-corrected chi connectivity index (χ3v) is 10.2. The molecule has 11 nitrogen and oxygen atoms in total. The van der Waals surface area contributed by atoms with Crippen LogP contribution in [0.15, 0.2) is 77.3 Å². The molecule has 7 atom stereocenters. The fraction of sp³-hybridized carbons (Fsp3) is 0.429. The first-order chi connectivity index (χ1) is 22.7. The number of hydrogen-bond acceptors (Lipinski definition) is 8. The fourth-order valence-corrected chi connectivity index (χ4v) is 7.90. The van der Waals surface area contributed by atoms with Crippen LogP contribution in [-0.2, 0) is 28.7 Å². The summed E-state index contributed by atoms with van der Waals surface area (Å²) >= 11 is 3.57. The lowest BCUT2D eigenvalue weighted by atomic mass is 9.74. The zero-order valence-corrected chi connectivity index (χ0v) is 27.8. The minimum Gasteiger partial charge on any atom is -0.497 e. The van der Waals surface area contributed by atoms with Crippen LogP contribution in [0, 0.1) is 11.8 Å². The third kappa shape index (κ3) is 5.87. The average Bonchev–Trinajstić information content (AvgIpc) is 3.68. The van der Waals surface area contributed by atoms with E-state index < -0.39 is 59.5 Å². The first-order valence-electron chi connectivity index (χ1n) is 15.9. The van der Waals surface area contributed by atoms with Gasteiger partial charge >= 0.3 is 5.97 Å². The van der Waals surface area contributed by atoms with E-state index in [1.54, 1.807) is 42.4 Å². The number of cyclic esters (lactones) is 1. The molecular weight excluding hydrogens is 670 g/mol. The van der Waals surface area contributed by atoms with E-state index in [9.17, 15) is 24.3 Å². The molecule has 2 aromatic rings. The monoisotopic (exact) mass is 707 g/mol. The average molecular weight is 709 g/mol. The third-order valence-electron chi connectivity index (χ3n) is 9.50. The van der Waals surface area contributed by atoms with E-state index in [2.05, 4.69) is 21.2 Å². The molecule has 12 heteroatoms. The molecule has 0 unspecified atom stereocenters. The lowest BCUT2D eigenvalue weighted by Gasteiger charge is -2.38. The molecule has 5 bridgehead atoms. The van der Waals surface area contributed by atoms with Crippen molar-refractivity contribution in [3.63, 3.8) is 0 Å². The fourth-order valence-electron chi connectivity index (χ4n) is 7.17. The molecule has 1 spiro atoms. The van der Waals surface area contributed by atoms with Gasteiger partial charge in [0.1, 0.15) is 35.5 Å². The Kier molecular flexibility index (Phi) is 9.54. The van der Waals surface area contributed by atoms with E-state index in [4.69, 9.17) is 14.2 Å². The van der Waals surface area contributed by atoms with Crippen molar-refractivity contribution in [3.8, 4) is 5.75 Å². The van der Waals surface area contributed by atoms with Gasteiger partial charge in [-0.3, -0.25) is 19.2 Å². The van der Waals surface area contributed by atoms with E-state index in [1.807, 2.05) is 49.4 Å². The van der Waals surface area contributed by atoms with Gasteiger partial charge in [0, 0.05) is 23.1 Å². The van der Waals surface area contributed by atoms with Gasteiger partial charge in [-0.15, -0.1) is 0 Å². The number of allylic oxidation sites excluding steroid dienone is 1. The summed E-state index contributed by atoms with van der Waals surface area (Å²) in [6, 6.07) is 14.2. The minimum absolute atomic E-state index is 0.0399. The highest BCUT2D eigenvalue weighted by atomic mass is 79.9. The number of rotatable bonds is 6. The number of methoxy groups -OCH3 is 1. The molecule has 0 radical (unpaired) electrons. The molecule has 0 aromatic heterocycles. The number of carbonyl (C=O) groups excluding carboxylic acids is 4. The molecule has 2 saturated heterocycles. The van der Waals surface area contributed by atoms with Crippen molar-refractivity contribution in [2.75, 3.05) is 31.7 Å². The van der Waals surface area contributed by atoms with Crippen LogP contribution >= 0.6 is 15.9 Å². The molecule has 4 aliphatic heterocycles. The first-order valence-corrected chi connectivity index (χ1v) is 16.6. The number of benzene rings is 2. The number of fused-ring (bicyclic) bond motifs is 2. The summed E-state index contributed by atoms with van der Waals surface area (Å²) in [6.07, 6.45) is 4.68. The zero-order valence-electron chi connectivity index (χ0n) is 26.2. The van der Waals surface area contributed by atoms with E-state index in [0.717, 1.165) is 0 Å². The number of anilines is 1. The zero-order chi connectivity index (χ0) is 33.3. The molecule has 4 heterocycles. The van der Waals surface area contributed by atoms with Gasteiger partial charge in [-0.25, -0.2) is 0 Å². The van der Waals surface area contributed by atoms with Crippen LogP contribution < -0.4 is 15.0 Å². The Morgan fingerprint density at radius 3 is 2.49 bits per heavy atom. The Labute approximate surface area is 281 Å². The predicted molar refractivity (Wildman–Crippen MR) is 175 cm³/mol. The second kappa shape index (κ2) is 13.6. The molecular formula is C35H38BrN3O8. The smallest absolute Gasteiger partial charge is 0.313 e. The van der Waals surface area contributed by atoms with Crippen LogP contribution in [0.5, 0.6) is 5.75 Å². The van der Waals surface area contributed by atoms with Gasteiger partial charge in [0.05, 0.1) is 32.2 Å². The van der Waals surface area contributed by atoms with Gasteiger partial charge < -0.3 is 34.4 Å². The van der Waals surface area contributed by atoms with Gasteiger partial charge in [0.2, 0.25) is 11.8 Å². The summed E-state index contributed by atoms with van der Waals surface area (Å²) in [5, 5.41) is 13.3. The molecule has 6 rings (SSSR count). The summed E-state index contributed by atoms with van der Waals surface area (Å²) in [4.78, 5) is 59.4. The molecule has 3 amide bonds. The van der Waals surface area contributed by atoms with Crippen molar-refractivity contribution >= 4 is 45.3 Å². The molecule has 4 aliphatic rings. The van der Waals surface area contributed by atoms with Gasteiger partial charge in [-0.1, -0.05) is 65.3 Å². The largest absolute Gasteiger partial charge is 0.497 e. The molecule has 2 fully saturated rings. The number of nitrogens with one attached hydrogen (secondary N) is 1. The van der Waals surface area contributed by atoms with E-state index in [0.29, 0.717) is 34.3 Å². The normalized spacial score (nSPS) is 30.8. The molecule has 0 aliphatic carbocycles. The highest BCUT2D eigenvalue weighted by Crippen LogP contribution is 2.59. The second-order valence-corrected chi connectivity index (χ2v) is 13.0. The van der Waals surface area contributed by atoms with E-state index in [-0.39, 0.29) is 32.0 Å². The number of esters is 1. The van der Waals surface area contributed by atoms with Crippen LogP contribution in [0.2, 0.25) is 0 Å². The summed E-state index contributed by atoms with van der Waals surface area (Å²) in [6.45, 7) is 1.63. The Hall–Kier alpha value is -4.00. The van der Waals surface area contributed by atoms with Crippen LogP contribution in [0.25, 0.3) is 0 Å². The first kappa shape index (κ1) is 32.9. The lowest BCUT2D eigenvalue weighted by Crippen LogP contribution is -2.58. The van der Waals surface area contributed by atoms with Gasteiger partial charge in [-0.2, -0.15) is 0 Å². The predicted octanol–water partition coefficient (Wildman–Crippen LogP) is 3.42. The summed E-state index contributed by atoms with van der Waals surface area (Å²) in [7, 11) is 1.55. The van der Waals surface area contributed by atoms with Gasteiger partial charge in [-0.05, 0) is 48.7 Å². The maximum absolute atomic E-state index is 14.9. The van der Waals surface area contributed by atoms with Crippen molar-refractivity contribution in [1.82, 2.24) is 10.2 Å². The maximum Gasteiger partial charge on any atom is 0.313 e. The Morgan fingerprint density at radius 2 is 1.81 bits per heavy atom. The molecule has 2 aromatic carbocycles. The van der Waals surface area contributed by atoms with Crippen LogP contribution in [0.3, 0.4) is 0 Å². The van der Waals surface area contributed by atoms with Crippen LogP contribution in [-0.4, -0.2) is 84.3 Å². The number of amides is 3.